The van der Waals surface area contributed by atoms with Crippen LogP contribution >= 0.6 is 11.3 Å². The number of amides is 1. The molecule has 1 fully saturated rings. The number of fused-ring (bicyclic) bond motifs is 1. The van der Waals surface area contributed by atoms with Crippen molar-refractivity contribution in [1.29, 1.82) is 0 Å². The Bertz CT molecular complexity index is 1150. The summed E-state index contributed by atoms with van der Waals surface area (Å²) in [7, 11) is 0. The minimum atomic E-state index is -0.400. The van der Waals surface area contributed by atoms with Crippen LogP contribution in [0.1, 0.15) is 23.3 Å². The first kappa shape index (κ1) is 20.5. The Kier molecular flexibility index (Phi) is 5.54. The number of piperidine rings is 1. The highest BCUT2D eigenvalue weighted by Gasteiger charge is 2.24. The zero-order valence-electron chi connectivity index (χ0n) is 17.4. The molecule has 9 nitrogen and oxygen atoms in total. The molecule has 2 aliphatic heterocycles. The predicted molar refractivity (Wildman–Crippen MR) is 125 cm³/mol. The standard InChI is InChI=1S/C22H24N6O3S/c23-13-2-1-7-28(11-13)17-5-6-25-10-16(17)27-22(29)19-14(24)3-4-15(26-19)21-20-18(12-32-21)30-8-9-31-20/h3-6,10,12-13H,1-2,7-9,11,23-24H2,(H,27,29)/t13-/m0/s1. The summed E-state index contributed by atoms with van der Waals surface area (Å²) >= 11 is 1.46. The SMILES string of the molecule is Nc1ccc(-c2scc3c2OCCO3)nc1C(=O)Nc1cnccc1N1CCC[C@H](N)C1. The van der Waals surface area contributed by atoms with E-state index in [1.807, 2.05) is 11.4 Å². The van der Waals surface area contributed by atoms with Crippen LogP contribution < -0.4 is 31.2 Å². The van der Waals surface area contributed by atoms with Gasteiger partial charge in [0.25, 0.3) is 5.91 Å². The molecule has 166 valence electrons. The van der Waals surface area contributed by atoms with Crippen LogP contribution in [0.25, 0.3) is 10.6 Å². The quantitative estimate of drug-likeness (QED) is 0.551. The van der Waals surface area contributed by atoms with Crippen LogP contribution in [-0.2, 0) is 0 Å². The van der Waals surface area contributed by atoms with Crippen molar-refractivity contribution in [1.82, 2.24) is 9.97 Å². The lowest BCUT2D eigenvalue weighted by Gasteiger charge is -2.33. The minimum absolute atomic E-state index is 0.109. The first-order valence-electron chi connectivity index (χ1n) is 10.5. The Hall–Kier alpha value is -3.37. The smallest absolute Gasteiger partial charge is 0.276 e. The van der Waals surface area contributed by atoms with Gasteiger partial charge in [-0.05, 0) is 31.0 Å². The van der Waals surface area contributed by atoms with E-state index >= 15 is 0 Å². The Morgan fingerprint density at radius 3 is 3.00 bits per heavy atom. The van der Waals surface area contributed by atoms with E-state index in [9.17, 15) is 4.79 Å². The van der Waals surface area contributed by atoms with Crippen LogP contribution in [0.5, 0.6) is 11.5 Å². The van der Waals surface area contributed by atoms with Gasteiger partial charge in [0.1, 0.15) is 13.2 Å². The first-order valence-corrected chi connectivity index (χ1v) is 11.4. The molecule has 0 spiro atoms. The number of anilines is 3. The largest absolute Gasteiger partial charge is 0.485 e. The zero-order chi connectivity index (χ0) is 22.1. The molecule has 3 aromatic rings. The third-order valence-corrected chi connectivity index (χ3v) is 6.48. The summed E-state index contributed by atoms with van der Waals surface area (Å²) in [5, 5.41) is 4.82. The lowest BCUT2D eigenvalue weighted by molar-refractivity contribution is 0.102. The van der Waals surface area contributed by atoms with Crippen molar-refractivity contribution in [3.63, 3.8) is 0 Å². The molecule has 0 aromatic carbocycles. The maximum absolute atomic E-state index is 13.2. The predicted octanol–water partition coefficient (Wildman–Crippen LogP) is 2.74. The molecule has 1 amide bonds. The normalized spacial score (nSPS) is 17.8. The average Bonchev–Trinajstić information content (AvgIpc) is 3.24. The van der Waals surface area contributed by atoms with Crippen molar-refractivity contribution in [2.45, 2.75) is 18.9 Å². The number of hydrogen-bond acceptors (Lipinski definition) is 9. The van der Waals surface area contributed by atoms with E-state index in [-0.39, 0.29) is 11.7 Å². The summed E-state index contributed by atoms with van der Waals surface area (Å²) in [6.45, 7) is 2.60. The van der Waals surface area contributed by atoms with Gasteiger partial charge in [0.2, 0.25) is 0 Å². The molecule has 10 heteroatoms. The topological polar surface area (TPSA) is 129 Å². The minimum Gasteiger partial charge on any atom is -0.485 e. The number of hydrogen-bond donors (Lipinski definition) is 3. The average molecular weight is 453 g/mol. The number of nitrogens with two attached hydrogens (primary N) is 2. The number of pyridine rings is 2. The molecule has 5 rings (SSSR count). The van der Waals surface area contributed by atoms with Gasteiger partial charge in [0.05, 0.1) is 33.8 Å². The van der Waals surface area contributed by atoms with Gasteiger partial charge in [-0.3, -0.25) is 9.78 Å². The molecule has 32 heavy (non-hydrogen) atoms. The van der Waals surface area contributed by atoms with Crippen LogP contribution in [0.3, 0.4) is 0 Å². The fourth-order valence-electron chi connectivity index (χ4n) is 3.99. The Balaban J connectivity index is 1.42. The number of carbonyl (C=O) groups is 1. The van der Waals surface area contributed by atoms with E-state index in [0.29, 0.717) is 41.8 Å². The molecule has 0 radical (unpaired) electrons. The van der Waals surface area contributed by atoms with Crippen molar-refractivity contribution in [3.8, 4) is 22.1 Å². The van der Waals surface area contributed by atoms with Crippen LogP contribution in [0, 0.1) is 0 Å². The molecular weight excluding hydrogens is 428 g/mol. The summed E-state index contributed by atoms with van der Waals surface area (Å²) in [6, 6.07) is 5.45. The molecule has 5 heterocycles. The van der Waals surface area contributed by atoms with E-state index in [1.54, 1.807) is 24.5 Å². The first-order chi connectivity index (χ1) is 15.6. The Morgan fingerprint density at radius 1 is 1.25 bits per heavy atom. The molecular formula is C22H24N6O3S. The second-order valence-electron chi connectivity index (χ2n) is 7.78. The fraction of sp³-hybridized carbons (Fsp3) is 0.318. The molecule has 1 saturated heterocycles. The number of nitrogens with zero attached hydrogens (tertiary/aromatic N) is 3. The van der Waals surface area contributed by atoms with Crippen LogP contribution in [-0.4, -0.2) is 48.2 Å². The molecule has 0 unspecified atom stereocenters. The van der Waals surface area contributed by atoms with Gasteiger partial charge in [-0.2, -0.15) is 0 Å². The lowest BCUT2D eigenvalue weighted by Crippen LogP contribution is -2.43. The van der Waals surface area contributed by atoms with Crippen molar-refractivity contribution >= 4 is 34.3 Å². The van der Waals surface area contributed by atoms with Crippen LogP contribution in [0.4, 0.5) is 17.1 Å². The van der Waals surface area contributed by atoms with Crippen molar-refractivity contribution in [2.75, 3.05) is 42.3 Å². The van der Waals surface area contributed by atoms with Gasteiger partial charge in [-0.25, -0.2) is 4.98 Å². The summed E-state index contributed by atoms with van der Waals surface area (Å²) < 4.78 is 11.4. The molecule has 0 saturated carbocycles. The van der Waals surface area contributed by atoms with Crippen molar-refractivity contribution in [2.24, 2.45) is 5.73 Å². The summed E-state index contributed by atoms with van der Waals surface area (Å²) in [5.41, 5.74) is 14.8. The van der Waals surface area contributed by atoms with Gasteiger partial charge < -0.3 is 31.2 Å². The molecule has 0 bridgehead atoms. The number of ether oxygens (including phenoxy) is 2. The van der Waals surface area contributed by atoms with Crippen molar-refractivity contribution < 1.29 is 14.3 Å². The molecule has 5 N–H and O–H groups in total. The number of thiophene rings is 1. The Morgan fingerprint density at radius 2 is 2.12 bits per heavy atom. The molecule has 1 atom stereocenters. The van der Waals surface area contributed by atoms with Gasteiger partial charge in [0.15, 0.2) is 17.2 Å². The number of nitrogens with one attached hydrogen (secondary N) is 1. The third kappa shape index (κ3) is 3.94. The second kappa shape index (κ2) is 8.64. The van der Waals surface area contributed by atoms with E-state index in [0.717, 1.165) is 36.5 Å². The van der Waals surface area contributed by atoms with Gasteiger partial charge in [-0.1, -0.05) is 0 Å². The highest BCUT2D eigenvalue weighted by atomic mass is 32.1. The number of carbonyl (C=O) groups excluding carboxylic acids is 1. The monoisotopic (exact) mass is 452 g/mol. The number of rotatable bonds is 4. The summed E-state index contributed by atoms with van der Waals surface area (Å²) in [6.07, 6.45) is 5.34. The third-order valence-electron chi connectivity index (χ3n) is 5.52. The van der Waals surface area contributed by atoms with E-state index in [2.05, 4.69) is 20.2 Å². The number of nitrogen functional groups attached to an aromatic ring is 1. The van der Waals surface area contributed by atoms with Gasteiger partial charge in [0, 0.05) is 30.7 Å². The van der Waals surface area contributed by atoms with E-state index in [1.165, 1.54) is 11.3 Å². The van der Waals surface area contributed by atoms with Crippen molar-refractivity contribution in [3.05, 3.63) is 41.7 Å². The van der Waals surface area contributed by atoms with Gasteiger partial charge in [-0.15, -0.1) is 11.3 Å². The Labute approximate surface area is 189 Å². The summed E-state index contributed by atoms with van der Waals surface area (Å²) in [4.78, 5) is 24.9. The fourth-order valence-corrected chi connectivity index (χ4v) is 4.89. The van der Waals surface area contributed by atoms with Crippen LogP contribution in [0.2, 0.25) is 0 Å². The highest BCUT2D eigenvalue weighted by molar-refractivity contribution is 7.14. The highest BCUT2D eigenvalue weighted by Crippen LogP contribution is 2.45. The maximum atomic E-state index is 13.2. The van der Waals surface area contributed by atoms with E-state index < -0.39 is 5.91 Å². The second-order valence-corrected chi connectivity index (χ2v) is 8.66. The van der Waals surface area contributed by atoms with E-state index in [4.69, 9.17) is 20.9 Å². The molecule has 2 aliphatic rings. The van der Waals surface area contributed by atoms with Crippen LogP contribution in [0.15, 0.2) is 36.0 Å². The molecule has 3 aromatic heterocycles. The maximum Gasteiger partial charge on any atom is 0.276 e. The lowest BCUT2D eigenvalue weighted by atomic mass is 10.1. The number of aromatic nitrogens is 2. The van der Waals surface area contributed by atoms with Gasteiger partial charge >= 0.3 is 0 Å². The summed E-state index contributed by atoms with van der Waals surface area (Å²) in [5.74, 6) is 0.948. The zero-order valence-corrected chi connectivity index (χ0v) is 18.2. The molecule has 0 aliphatic carbocycles.